The van der Waals surface area contributed by atoms with Gasteiger partial charge in [0.05, 0.1) is 39.1 Å². The van der Waals surface area contributed by atoms with Crippen molar-refractivity contribution in [1.29, 1.82) is 0 Å². The third-order valence-electron chi connectivity index (χ3n) is 25.7. The lowest BCUT2D eigenvalue weighted by Gasteiger charge is -2.46. The fourth-order valence-electron chi connectivity index (χ4n) is 19.6. The van der Waals surface area contributed by atoms with Crippen LogP contribution >= 0.6 is 0 Å². The summed E-state index contributed by atoms with van der Waals surface area (Å²) in [6.45, 7) is 27.9. The maximum atomic E-state index is 2.76. The minimum Gasteiger partial charge on any atom is -0.310 e. The summed E-state index contributed by atoms with van der Waals surface area (Å²) in [4.78, 5) is 5.52. The highest BCUT2D eigenvalue weighted by Gasteiger charge is 2.47. The van der Waals surface area contributed by atoms with Crippen molar-refractivity contribution in [3.8, 4) is 78.1 Å². The molecule has 21 rings (SSSR count). The van der Waals surface area contributed by atoms with Crippen molar-refractivity contribution < 1.29 is 0 Å². The number of hydrogen-bond acceptors (Lipinski definition) is 2. The molecular weight excluding hydrogens is 1440 g/mol. The molecular formula is C114H95BN4. The zero-order valence-corrected chi connectivity index (χ0v) is 69.9. The molecule has 0 fully saturated rings. The lowest BCUT2D eigenvalue weighted by Crippen LogP contribution is -2.61. The fourth-order valence-corrected chi connectivity index (χ4v) is 19.6. The van der Waals surface area contributed by atoms with Crippen molar-refractivity contribution in [2.75, 3.05) is 9.80 Å². The molecule has 0 aliphatic carbocycles. The van der Waals surface area contributed by atoms with Crippen LogP contribution in [-0.4, -0.2) is 15.8 Å². The van der Waals surface area contributed by atoms with Crippen molar-refractivity contribution in [1.82, 2.24) is 9.13 Å². The summed E-state index contributed by atoms with van der Waals surface area (Å²) in [5, 5.41) is 9.74. The number of para-hydroxylation sites is 2. The van der Waals surface area contributed by atoms with Crippen molar-refractivity contribution in [2.24, 2.45) is 0 Å². The number of fused-ring (bicyclic) bond motifs is 12. The zero-order chi connectivity index (χ0) is 81.1. The molecule has 0 spiro atoms. The molecule has 119 heavy (non-hydrogen) atoms. The molecule has 2 aliphatic rings. The van der Waals surface area contributed by atoms with Crippen LogP contribution in [0.3, 0.4) is 0 Å². The van der Waals surface area contributed by atoms with Gasteiger partial charge in [-0.15, -0.1) is 0 Å². The second-order valence-electron chi connectivity index (χ2n) is 37.2. The van der Waals surface area contributed by atoms with E-state index in [9.17, 15) is 0 Å². The van der Waals surface area contributed by atoms with Gasteiger partial charge >= 0.3 is 0 Å². The maximum Gasteiger partial charge on any atom is 0.252 e. The maximum absolute atomic E-state index is 2.76. The Morgan fingerprint density at radius 3 is 0.891 bits per heavy atom. The summed E-state index contributed by atoms with van der Waals surface area (Å²) in [6, 6.07) is 138. The lowest BCUT2D eigenvalue weighted by molar-refractivity contribution is 0.590. The average molecular weight is 1530 g/mol. The minimum atomic E-state index is -0.327. The topological polar surface area (TPSA) is 16.3 Å². The van der Waals surface area contributed by atoms with E-state index in [4.69, 9.17) is 0 Å². The average Bonchev–Trinajstić information content (AvgIpc) is 0.977. The molecule has 0 amide bonds. The van der Waals surface area contributed by atoms with E-state index in [0.717, 1.165) is 107 Å². The molecule has 4 nitrogen and oxygen atoms in total. The van der Waals surface area contributed by atoms with Gasteiger partial charge in [0.1, 0.15) is 0 Å². The quantitative estimate of drug-likeness (QED) is 0.100. The number of anilines is 6. The first-order chi connectivity index (χ1) is 57.6. The summed E-state index contributed by atoms with van der Waals surface area (Å²) < 4.78 is 5.15. The highest BCUT2D eigenvalue weighted by Crippen LogP contribution is 2.57. The van der Waals surface area contributed by atoms with E-state index in [2.05, 4.69) is 460 Å². The molecule has 17 aromatic carbocycles. The first-order valence-electron chi connectivity index (χ1n) is 42.3. The Balaban J connectivity index is 0.977. The molecule has 574 valence electrons. The fraction of sp³-hybridized carbons (Fsp3) is 0.140. The van der Waals surface area contributed by atoms with Crippen molar-refractivity contribution in [3.63, 3.8) is 0 Å². The van der Waals surface area contributed by atoms with Crippen LogP contribution in [0.2, 0.25) is 0 Å². The van der Waals surface area contributed by atoms with E-state index in [1.807, 2.05) is 0 Å². The van der Waals surface area contributed by atoms with Gasteiger partial charge in [-0.2, -0.15) is 0 Å². The normalized spacial score (nSPS) is 13.0. The first-order valence-corrected chi connectivity index (χ1v) is 42.3. The van der Waals surface area contributed by atoms with E-state index in [0.29, 0.717) is 0 Å². The van der Waals surface area contributed by atoms with E-state index < -0.39 is 0 Å². The molecule has 2 aliphatic heterocycles. The van der Waals surface area contributed by atoms with E-state index in [1.165, 1.54) is 109 Å². The van der Waals surface area contributed by atoms with E-state index in [-0.39, 0.29) is 28.4 Å². The molecule has 0 radical (unpaired) electrons. The smallest absolute Gasteiger partial charge is 0.252 e. The van der Waals surface area contributed by atoms with Crippen LogP contribution in [0.4, 0.5) is 34.1 Å². The van der Waals surface area contributed by atoms with Crippen LogP contribution in [0.1, 0.15) is 105 Å². The van der Waals surface area contributed by atoms with Crippen LogP contribution in [0.5, 0.6) is 0 Å². The van der Waals surface area contributed by atoms with Crippen molar-refractivity contribution >= 4 is 122 Å². The molecule has 0 saturated carbocycles. The third kappa shape index (κ3) is 12.0. The van der Waals surface area contributed by atoms with Crippen LogP contribution in [0, 0.1) is 0 Å². The highest BCUT2D eigenvalue weighted by atomic mass is 15.2. The number of nitrogens with zero attached hydrogens (tertiary/aromatic N) is 4. The SMILES string of the molecule is CC(C)(C)c1cc(-c2ccccc2)c(N2c3cc(-c4c5ccccc5c(-c5ccccc5)c5ccccc45)ccc3B3c4ccc(-n5c6ccc(C(C)(C)C)cc6c6cc(C(C)(C)C)ccc65)cc4N(c4c(-c5ccccc5)cc(C(C)(C)C)cc4-c4ccccc4)c4cc(-n5c6ccccc6c6ccccc65)cc2c43)c(-c2ccccc2)c1. The number of rotatable bonds is 10. The summed E-state index contributed by atoms with van der Waals surface area (Å²) in [5.74, 6) is 0. The molecule has 4 heterocycles. The molecule has 2 aromatic heterocycles. The standard InChI is InChI=1S/C114H95BN4/c1-111(2,3)78-55-60-100-94(63-78)95-64-79(112(4,5)6)56-61-101(95)116(100)82-57-59-97-103(69-82)119(110-92(74-40-22-15-23-41-74)67-81(114(10,11)12)68-93(110)75-42-24-16-25-43-75)105-71-83(117-98-52-34-32-46-84(98)85-47-33-35-53-99(85)117)70-104-108(105)115(97)96-58-54-77(107-88-50-30-28-48-86(88)106(76-44-26-17-27-45-76)87-49-29-31-51-89(87)107)62-102(96)118(104)109-90(72-36-18-13-19-37-72)65-80(113(7,8)9)66-91(109)73-38-20-14-21-39-73/h13-71H,1-12H3. The number of hydrogen-bond donors (Lipinski definition) is 0. The van der Waals surface area contributed by atoms with Gasteiger partial charge in [0.2, 0.25) is 0 Å². The van der Waals surface area contributed by atoms with Crippen LogP contribution in [0.15, 0.2) is 358 Å². The van der Waals surface area contributed by atoms with Crippen LogP contribution in [0.25, 0.3) is 143 Å². The first kappa shape index (κ1) is 73.2. The van der Waals surface area contributed by atoms with Gasteiger partial charge in [-0.25, -0.2) is 0 Å². The predicted octanol–water partition coefficient (Wildman–Crippen LogP) is 29.5. The van der Waals surface area contributed by atoms with Gasteiger partial charge in [0, 0.05) is 72.2 Å². The Morgan fingerprint density at radius 1 is 0.210 bits per heavy atom. The Hall–Kier alpha value is -13.5. The summed E-state index contributed by atoms with van der Waals surface area (Å²) in [6.07, 6.45) is 0. The predicted molar refractivity (Wildman–Crippen MR) is 512 cm³/mol. The molecule has 0 saturated heterocycles. The zero-order valence-electron chi connectivity index (χ0n) is 69.9. The Morgan fingerprint density at radius 2 is 0.513 bits per heavy atom. The van der Waals surface area contributed by atoms with Crippen molar-refractivity contribution in [2.45, 2.75) is 105 Å². The number of aromatic nitrogens is 2. The second kappa shape index (κ2) is 27.6. The Labute approximate surface area is 699 Å². The lowest BCUT2D eigenvalue weighted by atomic mass is 9.33. The molecule has 0 bridgehead atoms. The summed E-state index contributed by atoms with van der Waals surface area (Å²) >= 11 is 0. The molecule has 0 unspecified atom stereocenters. The summed E-state index contributed by atoms with van der Waals surface area (Å²) in [7, 11) is 0. The van der Waals surface area contributed by atoms with Gasteiger partial charge in [0.15, 0.2) is 0 Å². The monoisotopic (exact) mass is 1530 g/mol. The largest absolute Gasteiger partial charge is 0.310 e. The van der Waals surface area contributed by atoms with E-state index >= 15 is 0 Å². The highest BCUT2D eigenvalue weighted by molar-refractivity contribution is 7.00. The summed E-state index contributed by atoms with van der Waals surface area (Å²) in [5.41, 5.74) is 35.4. The molecule has 0 N–H and O–H groups in total. The van der Waals surface area contributed by atoms with Crippen molar-refractivity contribution in [3.05, 3.63) is 380 Å². The van der Waals surface area contributed by atoms with Gasteiger partial charge < -0.3 is 18.9 Å². The minimum absolute atomic E-state index is 0.0837. The van der Waals surface area contributed by atoms with E-state index in [1.54, 1.807) is 0 Å². The molecule has 19 aromatic rings. The number of benzene rings is 17. The van der Waals surface area contributed by atoms with Gasteiger partial charge in [-0.05, 0) is 217 Å². The Bertz CT molecular complexity index is 7000. The molecule has 0 atom stereocenters. The molecule has 5 heteroatoms. The Kier molecular flexibility index (Phi) is 17.0. The van der Waals surface area contributed by atoms with Gasteiger partial charge in [0.25, 0.3) is 6.71 Å². The second-order valence-corrected chi connectivity index (χ2v) is 37.2. The van der Waals surface area contributed by atoms with Crippen LogP contribution in [-0.2, 0) is 21.7 Å². The third-order valence-corrected chi connectivity index (χ3v) is 25.7. The van der Waals surface area contributed by atoms with Gasteiger partial charge in [-0.3, -0.25) is 0 Å². The van der Waals surface area contributed by atoms with Crippen LogP contribution < -0.4 is 26.2 Å². The van der Waals surface area contributed by atoms with Gasteiger partial charge in [-0.1, -0.05) is 350 Å².